The molecule has 0 atom stereocenters. The Morgan fingerprint density at radius 2 is 1.95 bits per heavy atom. The summed E-state index contributed by atoms with van der Waals surface area (Å²) in [6, 6.07) is 7.53. The van der Waals surface area contributed by atoms with Crippen LogP contribution in [0.1, 0.15) is 42.9 Å². The molecule has 106 valence electrons. The van der Waals surface area contributed by atoms with Crippen LogP contribution in [0.5, 0.6) is 0 Å². The van der Waals surface area contributed by atoms with Crippen molar-refractivity contribution in [3.8, 4) is 5.69 Å². The topological polar surface area (TPSA) is 17.8 Å². The maximum atomic E-state index is 6.47. The fraction of sp³-hybridized carbons (Fsp3) is 0.400. The molecule has 1 saturated carbocycles. The molecule has 2 aromatic rings. The Hall–Kier alpha value is -0.700. The highest BCUT2D eigenvalue weighted by atomic mass is 35.5. The number of halogens is 3. The molecule has 0 N–H and O–H groups in total. The van der Waals surface area contributed by atoms with Crippen molar-refractivity contribution in [1.29, 1.82) is 0 Å². The van der Waals surface area contributed by atoms with Gasteiger partial charge in [0, 0.05) is 16.5 Å². The van der Waals surface area contributed by atoms with Crippen LogP contribution in [0.15, 0.2) is 24.3 Å². The van der Waals surface area contributed by atoms with Crippen molar-refractivity contribution < 1.29 is 0 Å². The Morgan fingerprint density at radius 1 is 1.20 bits per heavy atom. The third-order valence-corrected chi connectivity index (χ3v) is 4.77. The van der Waals surface area contributed by atoms with E-state index < -0.39 is 0 Å². The van der Waals surface area contributed by atoms with Crippen LogP contribution >= 0.6 is 34.8 Å². The highest BCUT2D eigenvalue weighted by Gasteiger charge is 2.26. The van der Waals surface area contributed by atoms with E-state index in [1.807, 2.05) is 24.3 Å². The van der Waals surface area contributed by atoms with Gasteiger partial charge in [-0.25, -0.2) is 4.68 Å². The van der Waals surface area contributed by atoms with Crippen LogP contribution in [0.3, 0.4) is 0 Å². The van der Waals surface area contributed by atoms with Gasteiger partial charge in [0.2, 0.25) is 0 Å². The third kappa shape index (κ3) is 2.57. The fourth-order valence-electron chi connectivity index (χ4n) is 2.88. The first-order valence-electron chi connectivity index (χ1n) is 6.80. The van der Waals surface area contributed by atoms with Gasteiger partial charge in [-0.1, -0.05) is 42.1 Å². The summed E-state index contributed by atoms with van der Waals surface area (Å²) < 4.78 is 1.75. The van der Waals surface area contributed by atoms with E-state index in [2.05, 4.69) is 0 Å². The van der Waals surface area contributed by atoms with Gasteiger partial charge in [-0.2, -0.15) is 5.10 Å². The van der Waals surface area contributed by atoms with Crippen molar-refractivity contribution in [3.63, 3.8) is 0 Å². The fourth-order valence-corrected chi connectivity index (χ4v) is 3.69. The van der Waals surface area contributed by atoms with Gasteiger partial charge in [0.15, 0.2) is 0 Å². The maximum absolute atomic E-state index is 6.47. The number of alkyl halides is 1. The smallest absolute Gasteiger partial charge is 0.137 e. The second-order valence-electron chi connectivity index (χ2n) is 5.16. The van der Waals surface area contributed by atoms with Crippen LogP contribution in [-0.2, 0) is 5.88 Å². The summed E-state index contributed by atoms with van der Waals surface area (Å²) in [6.07, 6.45) is 4.86. The molecule has 1 heterocycles. The lowest BCUT2D eigenvalue weighted by atomic mass is 10.0. The summed E-state index contributed by atoms with van der Waals surface area (Å²) in [4.78, 5) is 0. The van der Waals surface area contributed by atoms with E-state index in [0.717, 1.165) is 16.9 Å². The molecular formula is C15H15Cl3N2. The molecule has 1 aromatic carbocycles. The van der Waals surface area contributed by atoms with Crippen molar-refractivity contribution in [3.05, 3.63) is 45.7 Å². The van der Waals surface area contributed by atoms with Crippen LogP contribution in [0.4, 0.5) is 0 Å². The van der Waals surface area contributed by atoms with Crippen molar-refractivity contribution in [2.75, 3.05) is 0 Å². The molecule has 1 aliphatic carbocycles. The van der Waals surface area contributed by atoms with Gasteiger partial charge in [0.05, 0.1) is 17.3 Å². The lowest BCUT2D eigenvalue weighted by Gasteiger charge is -2.06. The minimum absolute atomic E-state index is 0.394. The van der Waals surface area contributed by atoms with Gasteiger partial charge in [0.25, 0.3) is 0 Å². The number of nitrogens with zero attached hydrogens (tertiary/aromatic N) is 2. The van der Waals surface area contributed by atoms with Gasteiger partial charge in [0.1, 0.15) is 5.15 Å². The molecule has 0 unspecified atom stereocenters. The zero-order valence-corrected chi connectivity index (χ0v) is 13.2. The van der Waals surface area contributed by atoms with Crippen molar-refractivity contribution >= 4 is 34.8 Å². The maximum Gasteiger partial charge on any atom is 0.137 e. The lowest BCUT2D eigenvalue weighted by molar-refractivity contribution is 0.675. The van der Waals surface area contributed by atoms with Gasteiger partial charge in [-0.15, -0.1) is 11.6 Å². The lowest BCUT2D eigenvalue weighted by Crippen LogP contribution is -1.99. The molecule has 20 heavy (non-hydrogen) atoms. The summed E-state index contributed by atoms with van der Waals surface area (Å²) in [7, 11) is 0. The zero-order chi connectivity index (χ0) is 14.1. The Morgan fingerprint density at radius 3 is 2.60 bits per heavy atom. The van der Waals surface area contributed by atoms with Crippen LogP contribution in [0.2, 0.25) is 10.2 Å². The predicted molar refractivity (Wildman–Crippen MR) is 84.4 cm³/mol. The van der Waals surface area contributed by atoms with Gasteiger partial charge >= 0.3 is 0 Å². The third-order valence-electron chi connectivity index (χ3n) is 3.88. The number of benzene rings is 1. The van der Waals surface area contributed by atoms with E-state index in [1.54, 1.807) is 4.68 Å². The highest BCUT2D eigenvalue weighted by molar-refractivity contribution is 6.32. The van der Waals surface area contributed by atoms with E-state index in [-0.39, 0.29) is 0 Å². The van der Waals surface area contributed by atoms with Crippen molar-refractivity contribution in [2.45, 2.75) is 37.5 Å². The van der Waals surface area contributed by atoms with Crippen molar-refractivity contribution in [1.82, 2.24) is 9.78 Å². The number of aromatic nitrogens is 2. The first-order valence-corrected chi connectivity index (χ1v) is 8.09. The minimum atomic E-state index is 0.394. The zero-order valence-electron chi connectivity index (χ0n) is 11.0. The standard InChI is InChI=1S/C15H15Cl3N2/c16-9-13-14(10-4-1-2-5-10)19-20(15(13)18)12-7-3-6-11(17)8-12/h3,6-8,10H,1-2,4-5,9H2. The second kappa shape index (κ2) is 5.97. The average Bonchev–Trinajstić information content (AvgIpc) is 3.05. The van der Waals surface area contributed by atoms with E-state index >= 15 is 0 Å². The Balaban J connectivity index is 2.08. The van der Waals surface area contributed by atoms with Gasteiger partial charge < -0.3 is 0 Å². The summed E-state index contributed by atoms with van der Waals surface area (Å²) in [5.74, 6) is 0.882. The number of hydrogen-bond donors (Lipinski definition) is 0. The molecule has 5 heteroatoms. The molecule has 1 fully saturated rings. The largest absolute Gasteiger partial charge is 0.222 e. The molecular weight excluding hydrogens is 315 g/mol. The normalized spacial score (nSPS) is 15.9. The van der Waals surface area contributed by atoms with Crippen LogP contribution < -0.4 is 0 Å². The molecule has 0 saturated heterocycles. The van der Waals surface area contributed by atoms with E-state index in [1.165, 1.54) is 25.7 Å². The quantitative estimate of drug-likeness (QED) is 0.673. The van der Waals surface area contributed by atoms with Crippen molar-refractivity contribution in [2.24, 2.45) is 0 Å². The first-order chi connectivity index (χ1) is 9.70. The molecule has 1 aromatic heterocycles. The SMILES string of the molecule is ClCc1c(C2CCCC2)nn(-c2cccc(Cl)c2)c1Cl. The van der Waals surface area contributed by atoms with E-state index in [4.69, 9.17) is 39.9 Å². The molecule has 2 nitrogen and oxygen atoms in total. The summed E-state index contributed by atoms with van der Waals surface area (Å²) in [5.41, 5.74) is 2.89. The summed E-state index contributed by atoms with van der Waals surface area (Å²) in [6.45, 7) is 0. The predicted octanol–water partition coefficient (Wildman–Crippen LogP) is 5.58. The summed E-state index contributed by atoms with van der Waals surface area (Å²) in [5, 5.41) is 5.99. The van der Waals surface area contributed by atoms with Gasteiger partial charge in [-0.3, -0.25) is 0 Å². The van der Waals surface area contributed by atoms with Gasteiger partial charge in [-0.05, 0) is 31.0 Å². The van der Waals surface area contributed by atoms with E-state index in [9.17, 15) is 0 Å². The molecule has 0 aliphatic heterocycles. The number of hydrogen-bond acceptors (Lipinski definition) is 1. The Bertz CT molecular complexity index is 616. The minimum Gasteiger partial charge on any atom is -0.222 e. The average molecular weight is 330 g/mol. The summed E-state index contributed by atoms with van der Waals surface area (Å²) >= 11 is 18.6. The van der Waals surface area contributed by atoms with Crippen LogP contribution in [0, 0.1) is 0 Å². The number of rotatable bonds is 3. The molecule has 0 bridgehead atoms. The monoisotopic (exact) mass is 328 g/mol. The molecule has 0 spiro atoms. The van der Waals surface area contributed by atoms with Crippen LogP contribution in [-0.4, -0.2) is 9.78 Å². The molecule has 3 rings (SSSR count). The molecule has 0 radical (unpaired) electrons. The first kappa shape index (κ1) is 14.2. The van der Waals surface area contributed by atoms with Crippen LogP contribution in [0.25, 0.3) is 5.69 Å². The Labute approximate surface area is 133 Å². The molecule has 0 amide bonds. The Kier molecular flexibility index (Phi) is 4.25. The highest BCUT2D eigenvalue weighted by Crippen LogP contribution is 2.38. The van der Waals surface area contributed by atoms with E-state index in [0.29, 0.717) is 22.0 Å². The molecule has 1 aliphatic rings. The second-order valence-corrected chi connectivity index (χ2v) is 6.22.